The number of nitrogens with zero attached hydrogens (tertiary/aromatic N) is 3. The van der Waals surface area contributed by atoms with Crippen LogP contribution in [0.1, 0.15) is 18.3 Å². The molecule has 0 aromatic carbocycles. The topological polar surface area (TPSA) is 58.5 Å². The summed E-state index contributed by atoms with van der Waals surface area (Å²) in [6, 6.07) is 2.07. The number of rotatable bonds is 6. The van der Waals surface area contributed by atoms with Crippen molar-refractivity contribution < 1.29 is 0 Å². The van der Waals surface area contributed by atoms with Crippen molar-refractivity contribution in [1.82, 2.24) is 25.1 Å². The minimum absolute atomic E-state index is 0.896. The van der Waals surface area contributed by atoms with E-state index in [0.717, 1.165) is 31.9 Å². The lowest BCUT2D eigenvalue weighted by Gasteiger charge is -2.06. The molecule has 2 N–H and O–H groups in total. The first kappa shape index (κ1) is 10.9. The lowest BCUT2D eigenvalue weighted by Crippen LogP contribution is -2.19. The fourth-order valence-electron chi connectivity index (χ4n) is 1.64. The van der Waals surface area contributed by atoms with Crippen LogP contribution in [0.5, 0.6) is 0 Å². The number of aryl methyl sites for hydroxylation is 1. The zero-order valence-electron chi connectivity index (χ0n) is 9.48. The van der Waals surface area contributed by atoms with Gasteiger partial charge in [-0.25, -0.2) is 0 Å². The Morgan fingerprint density at radius 2 is 2.44 bits per heavy atom. The van der Waals surface area contributed by atoms with E-state index in [0.29, 0.717) is 0 Å². The molecule has 0 aliphatic rings. The van der Waals surface area contributed by atoms with E-state index >= 15 is 0 Å². The van der Waals surface area contributed by atoms with Gasteiger partial charge < -0.3 is 14.9 Å². The highest BCUT2D eigenvalue weighted by atomic mass is 15.3. The van der Waals surface area contributed by atoms with E-state index in [-0.39, 0.29) is 0 Å². The summed E-state index contributed by atoms with van der Waals surface area (Å²) in [5.74, 6) is 1.04. The first-order valence-electron chi connectivity index (χ1n) is 5.59. The van der Waals surface area contributed by atoms with E-state index in [1.165, 1.54) is 5.56 Å². The molecule has 2 heterocycles. The monoisotopic (exact) mass is 219 g/mol. The van der Waals surface area contributed by atoms with Gasteiger partial charge in [-0.05, 0) is 11.6 Å². The predicted molar refractivity (Wildman–Crippen MR) is 61.9 cm³/mol. The molecular weight excluding hydrogens is 202 g/mol. The van der Waals surface area contributed by atoms with Crippen molar-refractivity contribution in [1.29, 1.82) is 0 Å². The predicted octanol–water partition coefficient (Wildman–Crippen LogP) is 0.958. The van der Waals surface area contributed by atoms with E-state index in [1.54, 1.807) is 6.33 Å². The van der Waals surface area contributed by atoms with Crippen LogP contribution in [0.2, 0.25) is 0 Å². The molecule has 86 valence electrons. The fraction of sp³-hybridized carbons (Fsp3) is 0.455. The standard InChI is InChI=1S/C11H17N5/c1-2-11-15-14-9-16(11)6-5-13-8-10-3-4-12-7-10/h3-4,7,9,12-13H,2,5-6,8H2,1H3. The summed E-state index contributed by atoms with van der Waals surface area (Å²) in [6.45, 7) is 4.83. The van der Waals surface area contributed by atoms with E-state index in [9.17, 15) is 0 Å². The molecule has 0 aliphatic heterocycles. The Hall–Kier alpha value is -1.62. The van der Waals surface area contributed by atoms with Crippen molar-refractivity contribution in [3.05, 3.63) is 36.2 Å². The summed E-state index contributed by atoms with van der Waals surface area (Å²) in [6.07, 6.45) is 6.66. The first-order chi connectivity index (χ1) is 7.90. The Labute approximate surface area is 94.9 Å². The third kappa shape index (κ3) is 2.70. The van der Waals surface area contributed by atoms with Gasteiger partial charge in [-0.1, -0.05) is 6.92 Å². The van der Waals surface area contributed by atoms with Crippen molar-refractivity contribution in [3.8, 4) is 0 Å². The number of aromatic amines is 1. The van der Waals surface area contributed by atoms with E-state index < -0.39 is 0 Å². The van der Waals surface area contributed by atoms with Gasteiger partial charge in [0.15, 0.2) is 0 Å². The summed E-state index contributed by atoms with van der Waals surface area (Å²) in [5, 5.41) is 11.3. The summed E-state index contributed by atoms with van der Waals surface area (Å²) >= 11 is 0. The van der Waals surface area contributed by atoms with Crippen LogP contribution in [0.25, 0.3) is 0 Å². The van der Waals surface area contributed by atoms with Crippen LogP contribution in [0.3, 0.4) is 0 Å². The molecule has 0 amide bonds. The summed E-state index contributed by atoms with van der Waals surface area (Å²) in [7, 11) is 0. The van der Waals surface area contributed by atoms with Crippen LogP contribution >= 0.6 is 0 Å². The first-order valence-corrected chi connectivity index (χ1v) is 5.59. The third-order valence-electron chi connectivity index (χ3n) is 2.53. The average molecular weight is 219 g/mol. The Bertz CT molecular complexity index is 404. The third-order valence-corrected chi connectivity index (χ3v) is 2.53. The van der Waals surface area contributed by atoms with Crippen LogP contribution in [0.15, 0.2) is 24.8 Å². The quantitative estimate of drug-likeness (QED) is 0.711. The molecule has 2 aromatic heterocycles. The highest BCUT2D eigenvalue weighted by molar-refractivity contribution is 5.07. The molecule has 2 rings (SSSR count). The molecule has 0 unspecified atom stereocenters. The lowest BCUT2D eigenvalue weighted by atomic mass is 10.3. The highest BCUT2D eigenvalue weighted by Crippen LogP contribution is 1.96. The fourth-order valence-corrected chi connectivity index (χ4v) is 1.64. The molecule has 5 nitrogen and oxygen atoms in total. The molecule has 2 aromatic rings. The Kier molecular flexibility index (Phi) is 3.71. The number of hydrogen-bond donors (Lipinski definition) is 2. The van der Waals surface area contributed by atoms with Crippen molar-refractivity contribution in [2.45, 2.75) is 26.4 Å². The van der Waals surface area contributed by atoms with Gasteiger partial charge in [-0.3, -0.25) is 0 Å². The Balaban J connectivity index is 1.72. The highest BCUT2D eigenvalue weighted by Gasteiger charge is 2.00. The number of H-pyrrole nitrogens is 1. The molecule has 16 heavy (non-hydrogen) atoms. The van der Waals surface area contributed by atoms with Crippen molar-refractivity contribution in [3.63, 3.8) is 0 Å². The Morgan fingerprint density at radius 1 is 1.50 bits per heavy atom. The Morgan fingerprint density at radius 3 is 3.19 bits per heavy atom. The minimum Gasteiger partial charge on any atom is -0.367 e. The maximum absolute atomic E-state index is 4.04. The average Bonchev–Trinajstić information content (AvgIpc) is 2.95. The molecule has 0 spiro atoms. The van der Waals surface area contributed by atoms with Crippen molar-refractivity contribution in [2.75, 3.05) is 6.54 Å². The summed E-state index contributed by atoms with van der Waals surface area (Å²) < 4.78 is 2.09. The second kappa shape index (κ2) is 5.46. The van der Waals surface area contributed by atoms with Gasteiger partial charge >= 0.3 is 0 Å². The maximum Gasteiger partial charge on any atom is 0.132 e. The molecule has 0 saturated carbocycles. The molecular formula is C11H17N5. The zero-order valence-corrected chi connectivity index (χ0v) is 9.48. The van der Waals surface area contributed by atoms with Gasteiger partial charge in [0.25, 0.3) is 0 Å². The zero-order chi connectivity index (χ0) is 11.2. The van der Waals surface area contributed by atoms with E-state index in [2.05, 4.69) is 38.1 Å². The molecule has 0 fully saturated rings. The smallest absolute Gasteiger partial charge is 0.132 e. The summed E-state index contributed by atoms with van der Waals surface area (Å²) in [4.78, 5) is 3.04. The summed E-state index contributed by atoms with van der Waals surface area (Å²) in [5.41, 5.74) is 1.28. The van der Waals surface area contributed by atoms with Crippen LogP contribution in [-0.4, -0.2) is 26.3 Å². The molecule has 0 saturated heterocycles. The molecule has 5 heteroatoms. The second-order valence-corrected chi connectivity index (χ2v) is 3.69. The second-order valence-electron chi connectivity index (χ2n) is 3.69. The minimum atomic E-state index is 0.896. The molecule has 0 radical (unpaired) electrons. The van der Waals surface area contributed by atoms with Gasteiger partial charge in [0.05, 0.1) is 0 Å². The van der Waals surface area contributed by atoms with Gasteiger partial charge in [0.1, 0.15) is 12.2 Å². The van der Waals surface area contributed by atoms with Gasteiger partial charge in [-0.2, -0.15) is 0 Å². The van der Waals surface area contributed by atoms with Crippen LogP contribution < -0.4 is 5.32 Å². The van der Waals surface area contributed by atoms with Gasteiger partial charge in [0.2, 0.25) is 0 Å². The van der Waals surface area contributed by atoms with E-state index in [1.807, 2.05) is 12.4 Å². The SMILES string of the molecule is CCc1nncn1CCNCc1cc[nH]c1. The van der Waals surface area contributed by atoms with Crippen molar-refractivity contribution >= 4 is 0 Å². The lowest BCUT2D eigenvalue weighted by molar-refractivity contribution is 0.580. The normalized spacial score (nSPS) is 10.8. The van der Waals surface area contributed by atoms with Crippen LogP contribution in [-0.2, 0) is 19.5 Å². The number of hydrogen-bond acceptors (Lipinski definition) is 3. The number of nitrogens with one attached hydrogen (secondary N) is 2. The van der Waals surface area contributed by atoms with Gasteiger partial charge in [0, 0.05) is 38.4 Å². The van der Waals surface area contributed by atoms with Crippen LogP contribution in [0.4, 0.5) is 0 Å². The molecule has 0 atom stereocenters. The van der Waals surface area contributed by atoms with Crippen molar-refractivity contribution in [2.24, 2.45) is 0 Å². The molecule has 0 aliphatic carbocycles. The number of aromatic nitrogens is 4. The van der Waals surface area contributed by atoms with Crippen LogP contribution in [0, 0.1) is 0 Å². The van der Waals surface area contributed by atoms with Gasteiger partial charge in [-0.15, -0.1) is 10.2 Å². The van der Waals surface area contributed by atoms with E-state index in [4.69, 9.17) is 0 Å². The largest absolute Gasteiger partial charge is 0.367 e. The molecule has 0 bridgehead atoms. The maximum atomic E-state index is 4.04.